The molecule has 0 fully saturated rings. The zero-order valence-electron chi connectivity index (χ0n) is 21.4. The van der Waals surface area contributed by atoms with Crippen LogP contribution in [0, 0.1) is 6.92 Å². The number of halogens is 6. The summed E-state index contributed by atoms with van der Waals surface area (Å²) in [6.45, 7) is 10.5. The van der Waals surface area contributed by atoms with Crippen molar-refractivity contribution in [3.8, 4) is 0 Å². The minimum absolute atomic E-state index is 0.292. The zero-order valence-corrected chi connectivity index (χ0v) is 22.3. The van der Waals surface area contributed by atoms with Crippen molar-refractivity contribution in [1.82, 2.24) is 0 Å². The van der Waals surface area contributed by atoms with E-state index >= 15 is 0 Å². The molecule has 1 nitrogen and oxygen atoms in total. The summed E-state index contributed by atoms with van der Waals surface area (Å²) < 4.78 is 75.3. The van der Waals surface area contributed by atoms with Gasteiger partial charge in [0.25, 0.3) is 0 Å². The largest absolute Gasteiger partial charge is 0.813 e. The lowest BCUT2D eigenvalue weighted by Crippen LogP contribution is -2.63. The molecule has 0 aromatic heterocycles. The molecule has 0 radical (unpaired) electrons. The molecule has 200 valence electrons. The summed E-state index contributed by atoms with van der Waals surface area (Å²) in [5.41, 5.74) is -1.56. The fourth-order valence-electron chi connectivity index (χ4n) is 3.92. The Hall–Kier alpha value is -0.810. The second-order valence-corrected chi connectivity index (χ2v) is 13.6. The van der Waals surface area contributed by atoms with E-state index in [1.807, 2.05) is 0 Å². The van der Waals surface area contributed by atoms with Gasteiger partial charge in [0.05, 0.1) is 24.6 Å². The van der Waals surface area contributed by atoms with Gasteiger partial charge in [-0.25, -0.2) is 4.39 Å². The smallest absolute Gasteiger partial charge is 0.413 e. The van der Waals surface area contributed by atoms with Crippen LogP contribution in [0.2, 0.25) is 0 Å². The van der Waals surface area contributed by atoms with E-state index in [0.29, 0.717) is 6.07 Å². The number of aryl methyl sites for hydroxylation is 1. The number of unbranched alkanes of at least 4 members (excludes halogenated alkanes) is 4. The van der Waals surface area contributed by atoms with Crippen LogP contribution >= 0.6 is 7.26 Å². The number of benzene rings is 1. The first-order valence-electron chi connectivity index (χ1n) is 12.5. The highest BCUT2D eigenvalue weighted by atomic mass is 31.2. The van der Waals surface area contributed by atoms with E-state index in [4.69, 9.17) is 0 Å². The first-order chi connectivity index (χ1) is 15.8. The van der Waals surface area contributed by atoms with Gasteiger partial charge in [-0.3, -0.25) is 0 Å². The molecule has 0 saturated heterocycles. The van der Waals surface area contributed by atoms with Crippen molar-refractivity contribution in [2.45, 2.75) is 104 Å². The predicted octanol–water partition coefficient (Wildman–Crippen LogP) is 8.88. The monoisotopic (exact) mass is 516 g/mol. The van der Waals surface area contributed by atoms with Gasteiger partial charge in [-0.15, -0.1) is 0 Å². The maximum absolute atomic E-state index is 13.3. The number of hydrogen-bond acceptors (Lipinski definition) is 1. The van der Waals surface area contributed by atoms with Crippen LogP contribution in [-0.4, -0.2) is 36.7 Å². The summed E-state index contributed by atoms with van der Waals surface area (Å²) in [4.78, 5) is 0. The summed E-state index contributed by atoms with van der Waals surface area (Å²) in [7, 11) is -0.562. The van der Waals surface area contributed by atoms with E-state index in [-0.39, 0.29) is 5.56 Å². The van der Waals surface area contributed by atoms with Crippen molar-refractivity contribution in [2.24, 2.45) is 0 Å². The topological polar surface area (TPSA) is 23.1 Å². The molecule has 1 aromatic carbocycles. The highest BCUT2D eigenvalue weighted by Crippen LogP contribution is 2.61. The molecular weight excluding hydrogens is 473 g/mol. The van der Waals surface area contributed by atoms with Crippen LogP contribution in [-0.2, 0) is 5.92 Å². The summed E-state index contributed by atoms with van der Waals surface area (Å²) in [6.07, 6.45) is 11.8. The van der Waals surface area contributed by atoms with Crippen LogP contribution in [0.1, 0.15) is 90.2 Å². The van der Waals surface area contributed by atoms with Crippen LogP contribution in [0.15, 0.2) is 24.3 Å². The van der Waals surface area contributed by atoms with Gasteiger partial charge >= 0.3 is 12.1 Å². The fraction of sp³-hybridized carbons (Fsp3) is 0.769. The van der Waals surface area contributed by atoms with Gasteiger partial charge in [-0.05, 0) is 38.2 Å². The van der Waals surface area contributed by atoms with Crippen molar-refractivity contribution >= 4 is 7.26 Å². The van der Waals surface area contributed by atoms with Crippen LogP contribution in [0.25, 0.3) is 0 Å². The fourth-order valence-corrected chi connectivity index (χ4v) is 9.21. The average molecular weight is 517 g/mol. The quantitative estimate of drug-likeness (QED) is 0.179. The first-order valence-corrected chi connectivity index (χ1v) is 15.0. The molecule has 0 saturated carbocycles. The number of hydrogen-bond donors (Lipinski definition) is 0. The van der Waals surface area contributed by atoms with Gasteiger partial charge in [0, 0.05) is 12.8 Å². The van der Waals surface area contributed by atoms with Crippen molar-refractivity contribution in [1.29, 1.82) is 0 Å². The molecule has 0 spiro atoms. The summed E-state index contributed by atoms with van der Waals surface area (Å²) in [5, 5.41) is 10.6. The standard InChI is InChI=1S/C16H36P.C10H7F6O/c1-5-9-13-17(14-10-6-2,15-11-7-3)16-12-8-4;1-6-4-2-3-5-7(6)8(11,12)9(13,17)10(14,15)16/h5-16H2,1-4H3;2-5H,1H3/q+1;-1. The van der Waals surface area contributed by atoms with E-state index in [1.165, 1.54) is 57.4 Å². The van der Waals surface area contributed by atoms with Gasteiger partial charge < -0.3 is 5.11 Å². The maximum Gasteiger partial charge on any atom is 0.413 e. The zero-order chi connectivity index (χ0) is 26.5. The Morgan fingerprint density at radius 3 is 1.32 bits per heavy atom. The lowest BCUT2D eigenvalue weighted by molar-refractivity contribution is -0.624. The van der Waals surface area contributed by atoms with Crippen molar-refractivity contribution in [2.75, 3.05) is 24.6 Å². The molecule has 34 heavy (non-hydrogen) atoms. The third-order valence-corrected chi connectivity index (χ3v) is 11.3. The Morgan fingerprint density at radius 2 is 1.03 bits per heavy atom. The Labute approximate surface area is 203 Å². The molecule has 0 heterocycles. The van der Waals surface area contributed by atoms with E-state index in [1.54, 1.807) is 24.6 Å². The summed E-state index contributed by atoms with van der Waals surface area (Å²) in [5.74, 6) is -11.0. The Bertz CT molecular complexity index is 638. The van der Waals surface area contributed by atoms with Crippen LogP contribution in [0.4, 0.5) is 26.3 Å². The molecule has 0 N–H and O–H groups in total. The maximum atomic E-state index is 13.3. The van der Waals surface area contributed by atoms with Crippen LogP contribution in [0.5, 0.6) is 0 Å². The molecule has 0 bridgehead atoms. The Morgan fingerprint density at radius 1 is 0.676 bits per heavy atom. The highest BCUT2D eigenvalue weighted by Gasteiger charge is 2.63. The van der Waals surface area contributed by atoms with Crippen molar-refractivity contribution < 1.29 is 31.4 Å². The SMILES string of the molecule is CCCC[P+](CCCC)(CCCC)CCCC.Cc1ccccc1C(F)(F)C([O-])(F)C(F)(F)F. The normalized spacial score (nSPS) is 14.4. The third-order valence-electron chi connectivity index (χ3n) is 6.20. The third kappa shape index (κ3) is 9.68. The molecule has 0 aliphatic heterocycles. The Balaban J connectivity index is 0.000000641. The molecule has 0 aliphatic carbocycles. The highest BCUT2D eigenvalue weighted by molar-refractivity contribution is 7.75. The molecule has 1 rings (SSSR count). The molecule has 0 aliphatic rings. The molecular formula is C26H43F6OP. The molecule has 0 amide bonds. The van der Waals surface area contributed by atoms with Gasteiger partial charge in [0.15, 0.2) is 0 Å². The van der Waals surface area contributed by atoms with E-state index < -0.39 is 30.8 Å². The second kappa shape index (κ2) is 15.3. The van der Waals surface area contributed by atoms with Crippen molar-refractivity contribution in [3.63, 3.8) is 0 Å². The summed E-state index contributed by atoms with van der Waals surface area (Å²) in [6, 6.07) is 3.94. The molecule has 8 heteroatoms. The molecule has 1 atom stereocenters. The van der Waals surface area contributed by atoms with Gasteiger partial charge in [-0.1, -0.05) is 77.6 Å². The van der Waals surface area contributed by atoms with Gasteiger partial charge in [0.1, 0.15) is 0 Å². The molecule has 1 unspecified atom stereocenters. The molecule has 1 aromatic rings. The number of alkyl halides is 6. The van der Waals surface area contributed by atoms with E-state index in [9.17, 15) is 31.4 Å². The first kappa shape index (κ1) is 33.2. The number of rotatable bonds is 14. The Kier molecular flexibility index (Phi) is 15.0. The lowest BCUT2D eigenvalue weighted by atomic mass is 9.96. The lowest BCUT2D eigenvalue weighted by Gasteiger charge is -2.40. The van der Waals surface area contributed by atoms with Gasteiger partial charge in [0.2, 0.25) is 5.85 Å². The van der Waals surface area contributed by atoms with Gasteiger partial charge in [-0.2, -0.15) is 22.0 Å². The predicted molar refractivity (Wildman–Crippen MR) is 131 cm³/mol. The summed E-state index contributed by atoms with van der Waals surface area (Å²) >= 11 is 0. The average Bonchev–Trinajstić information content (AvgIpc) is 2.78. The van der Waals surface area contributed by atoms with E-state index in [0.717, 1.165) is 19.1 Å². The van der Waals surface area contributed by atoms with Crippen LogP contribution in [0.3, 0.4) is 0 Å². The minimum atomic E-state index is -6.20. The van der Waals surface area contributed by atoms with Crippen LogP contribution < -0.4 is 5.11 Å². The minimum Gasteiger partial charge on any atom is -0.813 e. The van der Waals surface area contributed by atoms with Crippen molar-refractivity contribution in [3.05, 3.63) is 35.4 Å². The van der Waals surface area contributed by atoms with E-state index in [2.05, 4.69) is 27.7 Å². The second-order valence-electron chi connectivity index (χ2n) is 9.13.